The van der Waals surface area contributed by atoms with E-state index in [1.807, 2.05) is 62.6 Å². The molecule has 0 aromatic heterocycles. The molecule has 0 radical (unpaired) electrons. The van der Waals surface area contributed by atoms with Crippen molar-refractivity contribution in [2.45, 2.75) is 19.4 Å². The zero-order chi connectivity index (χ0) is 23.5. The second-order valence-corrected chi connectivity index (χ2v) is 8.41. The lowest BCUT2D eigenvalue weighted by Crippen LogP contribution is -2.22. The molecule has 0 spiro atoms. The van der Waals surface area contributed by atoms with Crippen molar-refractivity contribution in [1.82, 2.24) is 4.90 Å². The number of aliphatic imine (C=N–C) groups is 1. The summed E-state index contributed by atoms with van der Waals surface area (Å²) in [6.45, 7) is 2.35. The van der Waals surface area contributed by atoms with Crippen LogP contribution in [-0.2, 0) is 11.3 Å². The van der Waals surface area contributed by atoms with E-state index in [4.69, 9.17) is 9.73 Å². The molecule has 0 aliphatic carbocycles. The number of nitrogens with one attached hydrogen (secondary N) is 1. The third-order valence-corrected chi connectivity index (χ3v) is 5.61. The Morgan fingerprint density at radius 3 is 2.45 bits per heavy atom. The van der Waals surface area contributed by atoms with E-state index in [1.165, 1.54) is 12.5 Å². The number of Topliss-reactive ketones (excluding diaryl/α,β-unsaturated/α-hetero) is 1. The number of fused-ring (bicyclic) bond motifs is 1. The average molecular weight is 442 g/mol. The smallest absolute Gasteiger partial charge is 0.238 e. The van der Waals surface area contributed by atoms with Gasteiger partial charge in [0, 0.05) is 23.4 Å². The van der Waals surface area contributed by atoms with Gasteiger partial charge in [0.15, 0.2) is 5.78 Å². The van der Waals surface area contributed by atoms with Crippen LogP contribution in [0.15, 0.2) is 71.7 Å². The van der Waals surface area contributed by atoms with Gasteiger partial charge >= 0.3 is 0 Å². The Morgan fingerprint density at radius 1 is 1.03 bits per heavy atom. The molecule has 33 heavy (non-hydrogen) atoms. The third-order valence-electron chi connectivity index (χ3n) is 5.61. The van der Waals surface area contributed by atoms with E-state index in [0.717, 1.165) is 23.4 Å². The number of methoxy groups -OCH3 is 1. The Labute approximate surface area is 193 Å². The molecule has 1 aliphatic rings. The van der Waals surface area contributed by atoms with Crippen molar-refractivity contribution >= 4 is 28.8 Å². The summed E-state index contributed by atoms with van der Waals surface area (Å²) in [4.78, 5) is 32.2. The molecule has 168 valence electrons. The lowest BCUT2D eigenvalue weighted by Gasteiger charge is -2.15. The van der Waals surface area contributed by atoms with Crippen molar-refractivity contribution in [3.8, 4) is 5.75 Å². The van der Waals surface area contributed by atoms with E-state index in [-0.39, 0.29) is 11.7 Å². The molecule has 1 aliphatic heterocycles. The van der Waals surface area contributed by atoms with E-state index in [9.17, 15) is 9.59 Å². The quantitative estimate of drug-likeness (QED) is 0.422. The molecule has 3 aromatic rings. The molecule has 1 unspecified atom stereocenters. The SMILES string of the molecule is COc1cccc(C(=Nc2ccc(CN(C)C)cc2)C2C(=O)Nc3ccc(C(C)=O)cc32)c1. The second-order valence-electron chi connectivity index (χ2n) is 8.41. The Morgan fingerprint density at radius 2 is 1.79 bits per heavy atom. The number of benzene rings is 3. The summed E-state index contributed by atoms with van der Waals surface area (Å²) in [6, 6.07) is 20.8. The molecule has 1 atom stereocenters. The van der Waals surface area contributed by atoms with E-state index < -0.39 is 5.92 Å². The topological polar surface area (TPSA) is 71.0 Å². The molecule has 0 fully saturated rings. The number of anilines is 1. The number of nitrogens with zero attached hydrogens (tertiary/aromatic N) is 2. The maximum Gasteiger partial charge on any atom is 0.238 e. The predicted molar refractivity (Wildman–Crippen MR) is 131 cm³/mol. The van der Waals surface area contributed by atoms with Crippen LogP contribution in [0.4, 0.5) is 11.4 Å². The number of hydrogen-bond acceptors (Lipinski definition) is 5. The van der Waals surface area contributed by atoms with Crippen molar-refractivity contribution in [3.63, 3.8) is 0 Å². The number of carbonyl (C=O) groups excluding carboxylic acids is 2. The molecule has 0 saturated carbocycles. The molecule has 6 nitrogen and oxygen atoms in total. The van der Waals surface area contributed by atoms with Gasteiger partial charge in [-0.1, -0.05) is 24.3 Å². The summed E-state index contributed by atoms with van der Waals surface area (Å²) in [5.74, 6) is -0.186. The highest BCUT2D eigenvalue weighted by Gasteiger charge is 2.36. The highest BCUT2D eigenvalue weighted by molar-refractivity contribution is 6.24. The number of amides is 1. The van der Waals surface area contributed by atoms with Crippen LogP contribution < -0.4 is 10.1 Å². The predicted octanol–water partition coefficient (Wildman–Crippen LogP) is 4.82. The van der Waals surface area contributed by atoms with Gasteiger partial charge in [-0.2, -0.15) is 0 Å². The Hall–Kier alpha value is -3.77. The van der Waals surface area contributed by atoms with E-state index in [1.54, 1.807) is 25.3 Å². The fourth-order valence-electron chi connectivity index (χ4n) is 4.01. The van der Waals surface area contributed by atoms with E-state index >= 15 is 0 Å². The van der Waals surface area contributed by atoms with Crippen LogP contribution in [0.5, 0.6) is 5.75 Å². The van der Waals surface area contributed by atoms with Gasteiger partial charge in [0.05, 0.1) is 18.5 Å². The Kier molecular flexibility index (Phi) is 6.38. The summed E-state index contributed by atoms with van der Waals surface area (Å²) >= 11 is 0. The van der Waals surface area contributed by atoms with Crippen molar-refractivity contribution in [1.29, 1.82) is 0 Å². The summed E-state index contributed by atoms with van der Waals surface area (Å²) in [5.41, 5.74) is 5.33. The van der Waals surface area contributed by atoms with E-state index in [0.29, 0.717) is 22.7 Å². The molecular weight excluding hydrogens is 414 g/mol. The van der Waals surface area contributed by atoms with Gasteiger partial charge in [-0.3, -0.25) is 14.6 Å². The van der Waals surface area contributed by atoms with Crippen LogP contribution in [-0.4, -0.2) is 43.5 Å². The van der Waals surface area contributed by atoms with Crippen LogP contribution in [0.25, 0.3) is 0 Å². The Bertz CT molecular complexity index is 1230. The summed E-state index contributed by atoms with van der Waals surface area (Å²) < 4.78 is 5.41. The van der Waals surface area contributed by atoms with Gasteiger partial charge in [0.2, 0.25) is 5.91 Å². The number of rotatable bonds is 7. The van der Waals surface area contributed by atoms with Crippen LogP contribution >= 0.6 is 0 Å². The molecule has 6 heteroatoms. The maximum absolute atomic E-state index is 13.1. The third kappa shape index (κ3) is 4.86. The van der Waals surface area contributed by atoms with E-state index in [2.05, 4.69) is 10.2 Å². The standard InChI is InChI=1S/C27H27N3O3/c1-17(31)19-10-13-24-23(15-19)25(27(32)29-24)26(20-6-5-7-22(14-20)33-4)28-21-11-8-18(9-12-21)16-30(2)3/h5-15,25H,16H2,1-4H3,(H,29,32). The zero-order valence-electron chi connectivity index (χ0n) is 19.3. The van der Waals surface area contributed by atoms with Gasteiger partial charge < -0.3 is 15.0 Å². The van der Waals surface area contributed by atoms with Gasteiger partial charge in [-0.05, 0) is 74.6 Å². The summed E-state index contributed by atoms with van der Waals surface area (Å²) in [5, 5.41) is 2.94. The first-order valence-electron chi connectivity index (χ1n) is 10.8. The number of ketones is 1. The number of carbonyl (C=O) groups is 2. The molecular formula is C27H27N3O3. The van der Waals surface area contributed by atoms with Crippen molar-refractivity contribution in [3.05, 3.63) is 89.0 Å². The molecule has 3 aromatic carbocycles. The fraction of sp³-hybridized carbons (Fsp3) is 0.222. The summed E-state index contributed by atoms with van der Waals surface area (Å²) in [6.07, 6.45) is 0. The Balaban J connectivity index is 1.84. The van der Waals surface area contributed by atoms with Gasteiger partial charge in [-0.15, -0.1) is 0 Å². The monoisotopic (exact) mass is 441 g/mol. The zero-order valence-corrected chi connectivity index (χ0v) is 19.3. The van der Waals surface area contributed by atoms with Crippen molar-refractivity contribution in [2.24, 2.45) is 4.99 Å². The van der Waals surface area contributed by atoms with Crippen molar-refractivity contribution in [2.75, 3.05) is 26.5 Å². The fourth-order valence-corrected chi connectivity index (χ4v) is 4.01. The molecule has 1 amide bonds. The lowest BCUT2D eigenvalue weighted by molar-refractivity contribution is -0.115. The minimum atomic E-state index is -0.646. The minimum Gasteiger partial charge on any atom is -0.497 e. The average Bonchev–Trinajstić information content (AvgIpc) is 3.13. The van der Waals surface area contributed by atoms with Gasteiger partial charge in [-0.25, -0.2) is 0 Å². The maximum atomic E-state index is 13.1. The summed E-state index contributed by atoms with van der Waals surface area (Å²) in [7, 11) is 5.66. The first kappa shape index (κ1) is 22.4. The van der Waals surface area contributed by atoms with Crippen molar-refractivity contribution < 1.29 is 14.3 Å². The highest BCUT2D eigenvalue weighted by atomic mass is 16.5. The minimum absolute atomic E-state index is 0.0488. The molecule has 4 rings (SSSR count). The number of ether oxygens (including phenoxy) is 1. The van der Waals surface area contributed by atoms with Gasteiger partial charge in [0.1, 0.15) is 11.7 Å². The van der Waals surface area contributed by atoms with Crippen LogP contribution in [0.3, 0.4) is 0 Å². The highest BCUT2D eigenvalue weighted by Crippen LogP contribution is 2.37. The molecule has 0 saturated heterocycles. The normalized spacial score (nSPS) is 15.4. The first-order chi connectivity index (χ1) is 15.9. The van der Waals surface area contributed by atoms with Crippen LogP contribution in [0.2, 0.25) is 0 Å². The largest absolute Gasteiger partial charge is 0.497 e. The second kappa shape index (κ2) is 9.38. The van der Waals surface area contributed by atoms with Gasteiger partial charge in [0.25, 0.3) is 0 Å². The van der Waals surface area contributed by atoms with Crippen LogP contribution in [0, 0.1) is 0 Å². The van der Waals surface area contributed by atoms with Crippen LogP contribution in [0.1, 0.15) is 39.9 Å². The lowest BCUT2D eigenvalue weighted by atomic mass is 9.89. The number of hydrogen-bond donors (Lipinski definition) is 1. The molecule has 1 N–H and O–H groups in total. The molecule has 0 bridgehead atoms. The first-order valence-corrected chi connectivity index (χ1v) is 10.8. The molecule has 1 heterocycles.